The van der Waals surface area contributed by atoms with Crippen molar-refractivity contribution in [2.24, 2.45) is 0 Å². The van der Waals surface area contributed by atoms with Gasteiger partial charge < -0.3 is 4.90 Å². The molecular weight excluding hydrogens is 202 g/mol. The van der Waals surface area contributed by atoms with Crippen molar-refractivity contribution in [1.82, 2.24) is 0 Å². The highest BCUT2D eigenvalue weighted by Gasteiger charge is 2.11. The van der Waals surface area contributed by atoms with Crippen molar-refractivity contribution in [3.63, 3.8) is 0 Å². The lowest BCUT2D eigenvalue weighted by Gasteiger charge is -2.15. The molecule has 78 valence electrons. The van der Waals surface area contributed by atoms with E-state index < -0.39 is 10.1 Å². The second kappa shape index (κ2) is 3.59. The molecule has 0 saturated carbocycles. The summed E-state index contributed by atoms with van der Waals surface area (Å²) in [7, 11) is -0.345. The van der Waals surface area contributed by atoms with E-state index >= 15 is 0 Å². The molecule has 0 unspecified atom stereocenters. The Hall–Kier alpha value is -1.07. The van der Waals surface area contributed by atoms with Crippen LogP contribution in [0.25, 0.3) is 0 Å². The van der Waals surface area contributed by atoms with Crippen molar-refractivity contribution in [2.45, 2.75) is 11.8 Å². The van der Waals surface area contributed by atoms with E-state index in [9.17, 15) is 8.42 Å². The van der Waals surface area contributed by atoms with Gasteiger partial charge in [-0.15, -0.1) is 0 Å². The Morgan fingerprint density at radius 3 is 2.21 bits per heavy atom. The molecule has 4 nitrogen and oxygen atoms in total. The quantitative estimate of drug-likeness (QED) is 0.756. The zero-order valence-corrected chi connectivity index (χ0v) is 9.17. The number of aryl methyl sites for hydroxylation is 1. The molecule has 5 heteroatoms. The third kappa shape index (κ3) is 2.24. The summed E-state index contributed by atoms with van der Waals surface area (Å²) in [6.45, 7) is 1.80. The van der Waals surface area contributed by atoms with Crippen LogP contribution in [0, 0.1) is 6.92 Å². The smallest absolute Gasteiger partial charge is 0.294 e. The van der Waals surface area contributed by atoms with Crippen LogP contribution in [0.5, 0.6) is 0 Å². The van der Waals surface area contributed by atoms with Gasteiger partial charge >= 0.3 is 0 Å². The minimum absolute atomic E-state index is 0.0689. The summed E-state index contributed by atoms with van der Waals surface area (Å²) in [6.07, 6.45) is 0. The van der Waals surface area contributed by atoms with Crippen molar-refractivity contribution in [3.05, 3.63) is 23.8 Å². The highest BCUT2D eigenvalue weighted by molar-refractivity contribution is 7.85. The molecule has 0 bridgehead atoms. The average Bonchev–Trinajstić information content (AvgIpc) is 2.01. The minimum Gasteiger partial charge on any atom is -0.377 e. The van der Waals surface area contributed by atoms with E-state index in [1.165, 1.54) is 12.1 Å². The topological polar surface area (TPSA) is 57.6 Å². The molecule has 0 aliphatic heterocycles. The Bertz CT molecular complexity index is 437. The summed E-state index contributed by atoms with van der Waals surface area (Å²) in [5.74, 6) is 0. The van der Waals surface area contributed by atoms with Gasteiger partial charge in [-0.1, -0.05) is 0 Å². The molecule has 0 aliphatic carbocycles. The van der Waals surface area contributed by atoms with Crippen molar-refractivity contribution >= 4 is 15.8 Å². The van der Waals surface area contributed by atoms with Crippen LogP contribution in [0.4, 0.5) is 5.69 Å². The molecule has 0 aromatic heterocycles. The predicted molar refractivity (Wildman–Crippen MR) is 55.3 cm³/mol. The third-order valence-corrected chi connectivity index (χ3v) is 2.80. The first-order valence-corrected chi connectivity index (χ1v) is 5.52. The maximum Gasteiger partial charge on any atom is 0.294 e. The average molecular weight is 215 g/mol. The van der Waals surface area contributed by atoms with E-state index in [4.69, 9.17) is 4.55 Å². The standard InChI is InChI=1S/C9H13NO3S/c1-7-6-8(14(11,12)13)4-5-9(7)10(2)3/h4-6H,1-3H3,(H,11,12,13). The third-order valence-electron chi connectivity index (χ3n) is 1.95. The molecule has 0 fully saturated rings. The Morgan fingerprint density at radius 1 is 1.29 bits per heavy atom. The monoisotopic (exact) mass is 215 g/mol. The van der Waals surface area contributed by atoms with Gasteiger partial charge in [-0.25, -0.2) is 0 Å². The van der Waals surface area contributed by atoms with Gasteiger partial charge in [0.2, 0.25) is 0 Å². The second-order valence-corrected chi connectivity index (χ2v) is 4.74. The highest BCUT2D eigenvalue weighted by atomic mass is 32.2. The zero-order chi connectivity index (χ0) is 10.9. The van der Waals surface area contributed by atoms with Gasteiger partial charge in [0.05, 0.1) is 4.90 Å². The molecule has 1 aromatic carbocycles. The van der Waals surface area contributed by atoms with Gasteiger partial charge in [0, 0.05) is 19.8 Å². The number of hydrogen-bond acceptors (Lipinski definition) is 3. The van der Waals surface area contributed by atoms with Gasteiger partial charge in [0.15, 0.2) is 0 Å². The fourth-order valence-electron chi connectivity index (χ4n) is 1.29. The van der Waals surface area contributed by atoms with E-state index in [1.54, 1.807) is 13.0 Å². The second-order valence-electron chi connectivity index (χ2n) is 3.32. The summed E-state index contributed by atoms with van der Waals surface area (Å²) in [5, 5.41) is 0. The van der Waals surface area contributed by atoms with Gasteiger partial charge in [-0.05, 0) is 30.7 Å². The molecule has 0 amide bonds. The molecule has 0 atom stereocenters. The molecule has 0 aliphatic rings. The summed E-state index contributed by atoms with van der Waals surface area (Å²) in [6, 6.07) is 4.50. The van der Waals surface area contributed by atoms with Crippen LogP contribution in [-0.4, -0.2) is 27.1 Å². The Balaban J connectivity index is 3.27. The Morgan fingerprint density at radius 2 is 1.86 bits per heavy atom. The molecular formula is C9H13NO3S. The number of rotatable bonds is 2. The fraction of sp³-hybridized carbons (Fsp3) is 0.333. The number of hydrogen-bond donors (Lipinski definition) is 1. The molecule has 0 saturated heterocycles. The lowest BCUT2D eigenvalue weighted by atomic mass is 10.2. The van der Waals surface area contributed by atoms with Crippen molar-refractivity contribution < 1.29 is 13.0 Å². The molecule has 0 radical (unpaired) electrons. The molecule has 1 N–H and O–H groups in total. The van der Waals surface area contributed by atoms with Gasteiger partial charge in [0.25, 0.3) is 10.1 Å². The molecule has 0 spiro atoms. The van der Waals surface area contributed by atoms with E-state index in [1.807, 2.05) is 19.0 Å². The van der Waals surface area contributed by atoms with Crippen LogP contribution in [0.15, 0.2) is 23.1 Å². The summed E-state index contributed by atoms with van der Waals surface area (Å²) in [4.78, 5) is 1.81. The van der Waals surface area contributed by atoms with E-state index in [2.05, 4.69) is 0 Å². The minimum atomic E-state index is -4.09. The maximum absolute atomic E-state index is 10.8. The first-order chi connectivity index (χ1) is 6.32. The number of benzene rings is 1. The lowest BCUT2D eigenvalue weighted by molar-refractivity contribution is 0.483. The van der Waals surface area contributed by atoms with Crippen LogP contribution in [0.2, 0.25) is 0 Å². The SMILES string of the molecule is Cc1cc(S(=O)(=O)O)ccc1N(C)C. The first kappa shape index (κ1) is 11.0. The molecule has 1 rings (SSSR count). The van der Waals surface area contributed by atoms with Crippen LogP contribution < -0.4 is 4.90 Å². The largest absolute Gasteiger partial charge is 0.377 e. The van der Waals surface area contributed by atoms with Gasteiger partial charge in [-0.2, -0.15) is 8.42 Å². The van der Waals surface area contributed by atoms with Crippen molar-refractivity contribution in [2.75, 3.05) is 19.0 Å². The van der Waals surface area contributed by atoms with Crippen molar-refractivity contribution in [3.8, 4) is 0 Å². The zero-order valence-electron chi connectivity index (χ0n) is 8.35. The number of anilines is 1. The predicted octanol–water partition coefficient (Wildman–Crippen LogP) is 1.31. The normalized spacial score (nSPS) is 11.4. The van der Waals surface area contributed by atoms with Crippen LogP contribution >= 0.6 is 0 Å². The fourth-order valence-corrected chi connectivity index (χ4v) is 1.86. The molecule has 1 aromatic rings. The van der Waals surface area contributed by atoms with Gasteiger partial charge in [0.1, 0.15) is 0 Å². The summed E-state index contributed by atoms with van der Waals surface area (Å²) < 4.78 is 30.4. The summed E-state index contributed by atoms with van der Waals surface area (Å²) >= 11 is 0. The van der Waals surface area contributed by atoms with Crippen molar-refractivity contribution in [1.29, 1.82) is 0 Å². The Kier molecular flexibility index (Phi) is 2.82. The number of nitrogens with zero attached hydrogens (tertiary/aromatic N) is 1. The summed E-state index contributed by atoms with van der Waals surface area (Å²) in [5.41, 5.74) is 1.74. The van der Waals surface area contributed by atoms with Crippen LogP contribution in [-0.2, 0) is 10.1 Å². The molecule has 0 heterocycles. The molecule has 14 heavy (non-hydrogen) atoms. The van der Waals surface area contributed by atoms with E-state index in [0.29, 0.717) is 0 Å². The first-order valence-electron chi connectivity index (χ1n) is 4.08. The van der Waals surface area contributed by atoms with E-state index in [-0.39, 0.29) is 4.90 Å². The maximum atomic E-state index is 10.8. The lowest BCUT2D eigenvalue weighted by Crippen LogP contribution is -2.10. The van der Waals surface area contributed by atoms with Crippen LogP contribution in [0.3, 0.4) is 0 Å². The van der Waals surface area contributed by atoms with Crippen LogP contribution in [0.1, 0.15) is 5.56 Å². The highest BCUT2D eigenvalue weighted by Crippen LogP contribution is 2.21. The van der Waals surface area contributed by atoms with Gasteiger partial charge in [-0.3, -0.25) is 4.55 Å². The Labute approximate surface area is 83.9 Å². The van der Waals surface area contributed by atoms with E-state index in [0.717, 1.165) is 11.3 Å².